The van der Waals surface area contributed by atoms with Gasteiger partial charge in [-0.1, -0.05) is 150 Å². The smallest absolute Gasteiger partial charge is 0.220 e. The third-order valence-corrected chi connectivity index (χ3v) is 13.9. The molecule has 17 unspecified atom stereocenters. The summed E-state index contributed by atoms with van der Waals surface area (Å²) in [5, 5.41) is 120. The van der Waals surface area contributed by atoms with Gasteiger partial charge in [-0.05, 0) is 83.5 Å². The van der Waals surface area contributed by atoms with Crippen molar-refractivity contribution in [3.63, 3.8) is 0 Å². The Bertz CT molecular complexity index is 1820. The number of hydrogen-bond donors (Lipinski definition) is 12. The molecule has 3 saturated heterocycles. The molecule has 1 amide bonds. The molecule has 19 heteroatoms. The summed E-state index contributed by atoms with van der Waals surface area (Å²) in [5.41, 5.74) is 0. The minimum Gasteiger partial charge on any atom is -0.394 e. The minimum atomic E-state index is -1.99. The molecular weight excluding hydrogens is 1020 g/mol. The first-order valence-electron chi connectivity index (χ1n) is 29.0. The number of aliphatic hydroxyl groups is 11. The molecule has 0 aromatic heterocycles. The first kappa shape index (κ1) is 70.0. The lowest BCUT2D eigenvalue weighted by Crippen LogP contribution is -2.66. The maximum Gasteiger partial charge on any atom is 0.220 e. The summed E-state index contributed by atoms with van der Waals surface area (Å²) in [6.07, 6.45) is 25.4. The normalized spacial score (nSPS) is 31.0. The Morgan fingerprint density at radius 2 is 0.886 bits per heavy atom. The number of carbonyl (C=O) groups excluding carboxylic acids is 1. The van der Waals surface area contributed by atoms with Gasteiger partial charge in [0, 0.05) is 6.42 Å². The maximum absolute atomic E-state index is 13.3. The first-order valence-corrected chi connectivity index (χ1v) is 29.0. The molecule has 3 aliphatic heterocycles. The van der Waals surface area contributed by atoms with Gasteiger partial charge in [-0.15, -0.1) is 0 Å². The monoisotopic (exact) mass is 1120 g/mol. The Morgan fingerprint density at radius 3 is 1.42 bits per heavy atom. The third kappa shape index (κ3) is 26.7. The van der Waals surface area contributed by atoms with Gasteiger partial charge in [0.2, 0.25) is 5.91 Å². The average Bonchev–Trinajstić information content (AvgIpc) is 3.45. The predicted molar refractivity (Wildman–Crippen MR) is 300 cm³/mol. The van der Waals surface area contributed by atoms with Gasteiger partial charge in [-0.25, -0.2) is 0 Å². The van der Waals surface area contributed by atoms with E-state index in [9.17, 15) is 61.0 Å². The molecule has 3 rings (SSSR count). The van der Waals surface area contributed by atoms with Gasteiger partial charge >= 0.3 is 0 Å². The molecule has 12 N–H and O–H groups in total. The minimum absolute atomic E-state index is 0.174. The number of hydrogen-bond acceptors (Lipinski definition) is 18. The van der Waals surface area contributed by atoms with E-state index in [-0.39, 0.29) is 12.3 Å². The van der Waals surface area contributed by atoms with Crippen molar-refractivity contribution in [3.05, 3.63) is 97.2 Å². The fourth-order valence-electron chi connectivity index (χ4n) is 9.09. The first-order chi connectivity index (χ1) is 38.3. The van der Waals surface area contributed by atoms with Crippen LogP contribution in [-0.4, -0.2) is 193 Å². The number of nitrogens with one attached hydrogen (secondary N) is 1. The summed E-state index contributed by atoms with van der Waals surface area (Å²) in [7, 11) is 0. The summed E-state index contributed by atoms with van der Waals surface area (Å²) in [6, 6.07) is -1.02. The second-order valence-electron chi connectivity index (χ2n) is 20.4. The molecule has 17 atom stereocenters. The van der Waals surface area contributed by atoms with Crippen LogP contribution in [0.1, 0.15) is 142 Å². The highest BCUT2D eigenvalue weighted by atomic mass is 16.8. The lowest BCUT2D eigenvalue weighted by Gasteiger charge is -2.48. The Hall–Kier alpha value is -3.29. The van der Waals surface area contributed by atoms with Crippen LogP contribution < -0.4 is 5.32 Å². The van der Waals surface area contributed by atoms with Crippen LogP contribution in [0.25, 0.3) is 0 Å². The molecule has 3 heterocycles. The number of rotatable bonds is 40. The molecule has 0 aromatic rings. The molecule has 0 bridgehead atoms. The number of aliphatic hydroxyl groups excluding tert-OH is 11. The van der Waals surface area contributed by atoms with Crippen LogP contribution in [0, 0.1) is 0 Å². The molecule has 0 aromatic carbocycles. The molecule has 79 heavy (non-hydrogen) atoms. The Labute approximate surface area is 469 Å². The number of allylic oxidation sites excluding steroid dienone is 15. The van der Waals surface area contributed by atoms with Crippen molar-refractivity contribution in [1.29, 1.82) is 0 Å². The molecule has 0 radical (unpaired) electrons. The Balaban J connectivity index is 1.53. The van der Waals surface area contributed by atoms with Gasteiger partial charge < -0.3 is 89.9 Å². The Kier molecular flexibility index (Phi) is 37.7. The number of ether oxygens (including phenoxy) is 6. The summed E-state index contributed by atoms with van der Waals surface area (Å²) < 4.78 is 34.1. The van der Waals surface area contributed by atoms with Crippen LogP contribution in [0.5, 0.6) is 0 Å². The molecule has 452 valence electrons. The fourth-order valence-corrected chi connectivity index (χ4v) is 9.09. The van der Waals surface area contributed by atoms with Crippen LogP contribution in [-0.2, 0) is 33.2 Å². The van der Waals surface area contributed by atoms with Crippen molar-refractivity contribution in [3.8, 4) is 0 Å². The van der Waals surface area contributed by atoms with E-state index in [1.54, 1.807) is 6.08 Å². The molecule has 3 fully saturated rings. The second-order valence-corrected chi connectivity index (χ2v) is 20.4. The molecule has 0 aliphatic carbocycles. The van der Waals surface area contributed by atoms with Gasteiger partial charge in [-0.3, -0.25) is 4.79 Å². The van der Waals surface area contributed by atoms with Gasteiger partial charge in [-0.2, -0.15) is 0 Å². The van der Waals surface area contributed by atoms with Crippen molar-refractivity contribution < 1.29 is 89.4 Å². The summed E-state index contributed by atoms with van der Waals surface area (Å²) in [5.74, 6) is -0.334. The van der Waals surface area contributed by atoms with E-state index in [0.717, 1.165) is 70.6 Å². The summed E-state index contributed by atoms with van der Waals surface area (Å²) >= 11 is 0. The zero-order valence-corrected chi connectivity index (χ0v) is 46.8. The zero-order valence-electron chi connectivity index (χ0n) is 46.8. The van der Waals surface area contributed by atoms with Crippen LogP contribution in [0.15, 0.2) is 97.2 Å². The molecular formula is C60H99NO18. The van der Waals surface area contributed by atoms with Gasteiger partial charge in [0.15, 0.2) is 18.9 Å². The lowest BCUT2D eigenvalue weighted by atomic mass is 9.96. The molecule has 0 saturated carbocycles. The van der Waals surface area contributed by atoms with Gasteiger partial charge in [0.05, 0.1) is 38.6 Å². The van der Waals surface area contributed by atoms with Crippen LogP contribution in [0.2, 0.25) is 0 Å². The van der Waals surface area contributed by atoms with E-state index in [1.165, 1.54) is 38.5 Å². The highest BCUT2D eigenvalue weighted by Crippen LogP contribution is 2.33. The van der Waals surface area contributed by atoms with E-state index < -0.39 is 131 Å². The van der Waals surface area contributed by atoms with E-state index in [2.05, 4.69) is 104 Å². The highest BCUT2D eigenvalue weighted by molar-refractivity contribution is 5.76. The van der Waals surface area contributed by atoms with Crippen molar-refractivity contribution in [1.82, 2.24) is 5.32 Å². The zero-order chi connectivity index (χ0) is 57.6. The van der Waals surface area contributed by atoms with E-state index >= 15 is 0 Å². The van der Waals surface area contributed by atoms with E-state index in [4.69, 9.17) is 28.4 Å². The van der Waals surface area contributed by atoms with E-state index in [1.807, 2.05) is 6.08 Å². The summed E-state index contributed by atoms with van der Waals surface area (Å²) in [4.78, 5) is 13.3. The number of unbranched alkanes of at least 4 members (excludes halogenated alkanes) is 10. The van der Waals surface area contributed by atoms with Crippen molar-refractivity contribution in [2.45, 2.75) is 247 Å². The highest BCUT2D eigenvalue weighted by Gasteiger charge is 2.53. The van der Waals surface area contributed by atoms with Crippen LogP contribution in [0.3, 0.4) is 0 Å². The van der Waals surface area contributed by atoms with Crippen LogP contribution in [0.4, 0.5) is 0 Å². The van der Waals surface area contributed by atoms with Crippen molar-refractivity contribution in [2.24, 2.45) is 0 Å². The van der Waals surface area contributed by atoms with Crippen molar-refractivity contribution >= 4 is 5.91 Å². The van der Waals surface area contributed by atoms with Crippen molar-refractivity contribution in [2.75, 3.05) is 26.4 Å². The van der Waals surface area contributed by atoms with Crippen LogP contribution >= 0.6 is 0 Å². The van der Waals surface area contributed by atoms with Gasteiger partial charge in [0.1, 0.15) is 73.2 Å². The average molecular weight is 1120 g/mol. The second kappa shape index (κ2) is 42.5. The maximum atomic E-state index is 13.3. The summed E-state index contributed by atoms with van der Waals surface area (Å²) in [6.45, 7) is 1.50. The predicted octanol–water partition coefficient (Wildman–Crippen LogP) is 4.59. The quantitative estimate of drug-likeness (QED) is 0.0295. The molecule has 0 spiro atoms. The lowest BCUT2D eigenvalue weighted by molar-refractivity contribution is -0.379. The molecule has 3 aliphatic rings. The van der Waals surface area contributed by atoms with Gasteiger partial charge in [0.25, 0.3) is 0 Å². The SMILES string of the molecule is CC/C=C\C/C=C\C/C=C\C/C=C\C/C=C\C/C=C\CCCCC(=O)NC(COC1OC(CO)C(OC2OC(CO)C(OC3OC(CO)C(O)C(O)C3O)C(O)C2O)C(O)C1O)C(O)/C=C/CC/C=C/CCCCCCCCC. The fraction of sp³-hybridized carbons (Fsp3) is 0.717. The van der Waals surface area contributed by atoms with E-state index in [0.29, 0.717) is 12.8 Å². The number of carbonyl (C=O) groups is 1. The Morgan fingerprint density at radius 1 is 0.468 bits per heavy atom. The number of amides is 1. The third-order valence-electron chi connectivity index (χ3n) is 13.9. The topological polar surface area (TPSA) is 307 Å². The standard InChI is InChI=1S/C60H99NO18/c1-3-5-7-9-11-13-15-17-18-19-20-21-22-23-24-26-28-30-32-34-36-38-48(66)61-43(44(65)37-35-33-31-29-27-25-16-14-12-10-8-6-4-2)42-74-58-54(72)51(69)56(46(40-63)76-58)79-60-55(73)52(70)57(47(41-64)77-60)78-59-53(71)50(68)49(67)45(39-62)75-59/h5,7,11,13,17-18,20-21,23-24,27-30,35,37,43-47,49-60,62-65,67-73H,3-4,6,8-10,12,14-16,19,22,25-26,31-34,36,38-42H2,1-2H3,(H,61,66)/b7-5-,13-11-,18-17-,21-20-,24-23-,29-27+,30-28-,37-35+. The molecule has 19 nitrogen and oxygen atoms in total. The largest absolute Gasteiger partial charge is 0.394 e.